The van der Waals surface area contributed by atoms with Crippen LogP contribution >= 0.6 is 15.9 Å². The molecule has 3 saturated heterocycles. The Kier molecular flexibility index (Phi) is 20.2. The summed E-state index contributed by atoms with van der Waals surface area (Å²) in [5, 5.41) is 19.5. The smallest absolute Gasteiger partial charge is 0.494 e. The highest BCUT2D eigenvalue weighted by atomic mass is 79.9. The normalized spacial score (nSPS) is 16.8. The Balaban J connectivity index is 0.000000182. The summed E-state index contributed by atoms with van der Waals surface area (Å²) in [5.74, 6) is 2.04. The van der Waals surface area contributed by atoms with Crippen molar-refractivity contribution in [2.24, 2.45) is 22.1 Å². The van der Waals surface area contributed by atoms with Crippen molar-refractivity contribution in [3.63, 3.8) is 0 Å². The Bertz CT molecular complexity index is 3690. The second-order valence-corrected chi connectivity index (χ2v) is 36.5. The number of benzene rings is 2. The molecule has 3 aliphatic rings. The zero-order valence-corrected chi connectivity index (χ0v) is 55.6. The quantitative estimate of drug-likeness (QED) is 0.0311. The second-order valence-electron chi connectivity index (χ2n) is 26.0. The van der Waals surface area contributed by atoms with Gasteiger partial charge in [-0.15, -0.1) is 0 Å². The van der Waals surface area contributed by atoms with Gasteiger partial charge in [0.15, 0.2) is 34.3 Å². The molecule has 6 aromatic heterocycles. The van der Waals surface area contributed by atoms with Gasteiger partial charge in [-0.05, 0) is 157 Å². The minimum Gasteiger partial charge on any atom is -0.693 e. The summed E-state index contributed by atoms with van der Waals surface area (Å²) in [6, 6.07) is 35.5. The third-order valence-electron chi connectivity index (χ3n) is 17.5. The van der Waals surface area contributed by atoms with Gasteiger partial charge in [-0.25, -0.2) is 24.3 Å². The molecule has 2 aromatic carbocycles. The highest BCUT2D eigenvalue weighted by molar-refractivity contribution is 9.10. The Morgan fingerprint density at radius 1 is 0.663 bits per heavy atom. The molecule has 2 unspecified atom stereocenters. The Labute approximate surface area is 515 Å². The van der Waals surface area contributed by atoms with Crippen LogP contribution in [0.15, 0.2) is 136 Å². The number of nitrogens with two attached hydrogens (primary N) is 2. The molecule has 0 bridgehead atoms. The summed E-state index contributed by atoms with van der Waals surface area (Å²) < 4.78 is 40.2. The van der Waals surface area contributed by atoms with Crippen molar-refractivity contribution in [3.05, 3.63) is 166 Å². The molecule has 0 aliphatic carbocycles. The van der Waals surface area contributed by atoms with Crippen LogP contribution in [-0.4, -0.2) is 101 Å². The van der Waals surface area contributed by atoms with Gasteiger partial charge in [-0.1, -0.05) is 95.2 Å². The second kappa shape index (κ2) is 26.5. The van der Waals surface area contributed by atoms with E-state index in [0.717, 1.165) is 90.8 Å². The molecule has 9 heterocycles. The van der Waals surface area contributed by atoms with Crippen LogP contribution in [0.1, 0.15) is 104 Å². The Hall–Kier alpha value is -6.41. The first kappa shape index (κ1) is 65.6. The van der Waals surface area contributed by atoms with Crippen LogP contribution in [0.5, 0.6) is 0 Å². The van der Waals surface area contributed by atoms with Gasteiger partial charge >= 0.3 is 7.12 Å². The van der Waals surface area contributed by atoms with Crippen molar-refractivity contribution in [3.8, 4) is 22.9 Å². The number of rotatable bonds is 16. The summed E-state index contributed by atoms with van der Waals surface area (Å²) in [6.45, 7) is 34.3. The number of halogens is 1. The number of aromatic nitrogens is 8. The molecule has 11 rings (SSSR count). The van der Waals surface area contributed by atoms with E-state index in [0.29, 0.717) is 32.3 Å². The lowest BCUT2D eigenvalue weighted by molar-refractivity contribution is -0.238. The molecule has 0 spiro atoms. The van der Waals surface area contributed by atoms with E-state index in [1.807, 2.05) is 113 Å². The van der Waals surface area contributed by atoms with E-state index in [9.17, 15) is 0 Å². The summed E-state index contributed by atoms with van der Waals surface area (Å²) in [6.07, 6.45) is 3.71. The van der Waals surface area contributed by atoms with E-state index in [2.05, 4.69) is 160 Å². The number of ether oxygens (including phenoxy) is 2. The fourth-order valence-electron chi connectivity index (χ4n) is 9.10. The minimum absolute atomic E-state index is 0. The summed E-state index contributed by atoms with van der Waals surface area (Å²) in [7, 11) is -4.16. The lowest BCUT2D eigenvalue weighted by atomic mass is 9.79. The SMILES string of the molecule is CC(C)(C)[Si](C)(C)OCc1cccc(-n2ncc3ccc(-c4cccc(C(N=[N+]=[N-])C5COC5)n4)cc32)n1.CC1(C)OB(c2ccc3cnn(-c4cccc(CO[Si](C)(C)C(C)(C)C)n4)c3c2)OC1(C)C.[NH2+]=NC(c1cccc(Br)n1)C1COC1.[NH2-]. The summed E-state index contributed by atoms with van der Waals surface area (Å²) in [4.78, 5) is 22.0. The van der Waals surface area contributed by atoms with Gasteiger partial charge in [0.25, 0.3) is 0 Å². The predicted octanol–water partition coefficient (Wildman–Crippen LogP) is 13.7. The molecule has 3 aliphatic heterocycles. The number of azide groups is 1. The van der Waals surface area contributed by atoms with Crippen molar-refractivity contribution in [1.29, 1.82) is 0 Å². The number of pyridine rings is 4. The van der Waals surface area contributed by atoms with Crippen LogP contribution in [-0.2, 0) is 40.8 Å². The summed E-state index contributed by atoms with van der Waals surface area (Å²) in [5.41, 5.74) is 21.8. The molecule has 454 valence electrons. The van der Waals surface area contributed by atoms with Gasteiger partial charge in [0.05, 0.1) is 109 Å². The Morgan fingerprint density at radius 2 is 1.14 bits per heavy atom. The maximum atomic E-state index is 9.08. The lowest BCUT2D eigenvalue weighted by Crippen LogP contribution is -2.41. The van der Waals surface area contributed by atoms with Crippen molar-refractivity contribution < 1.29 is 33.2 Å². The summed E-state index contributed by atoms with van der Waals surface area (Å²) >= 11 is 3.32. The van der Waals surface area contributed by atoms with Gasteiger partial charge in [0.2, 0.25) is 0 Å². The lowest BCUT2D eigenvalue weighted by Gasteiger charge is -2.36. The first-order chi connectivity index (χ1) is 40.2. The topological polar surface area (TPSA) is 263 Å². The zero-order chi connectivity index (χ0) is 61.1. The van der Waals surface area contributed by atoms with Gasteiger partial charge in [-0.2, -0.15) is 15.7 Å². The largest absolute Gasteiger partial charge is 0.693 e. The molecule has 20 nitrogen and oxygen atoms in total. The molecule has 0 amide bonds. The third kappa shape index (κ3) is 14.8. The van der Waals surface area contributed by atoms with Gasteiger partial charge < -0.3 is 33.8 Å². The maximum absolute atomic E-state index is 9.08. The first-order valence-corrected chi connectivity index (χ1v) is 35.5. The highest BCUT2D eigenvalue weighted by Gasteiger charge is 2.52. The van der Waals surface area contributed by atoms with Crippen molar-refractivity contribution in [2.45, 2.75) is 142 Å². The predicted molar refractivity (Wildman–Crippen MR) is 345 cm³/mol. The van der Waals surface area contributed by atoms with Crippen molar-refractivity contribution in [2.75, 3.05) is 26.4 Å². The highest BCUT2D eigenvalue weighted by Crippen LogP contribution is 2.40. The van der Waals surface area contributed by atoms with E-state index >= 15 is 0 Å². The average Bonchev–Trinajstić information content (AvgIpc) is 1.79. The molecule has 4 N–H and O–H groups in total. The molecule has 3 fully saturated rings. The molecule has 86 heavy (non-hydrogen) atoms. The van der Waals surface area contributed by atoms with Crippen LogP contribution < -0.4 is 11.0 Å². The van der Waals surface area contributed by atoms with Crippen LogP contribution in [0.2, 0.25) is 36.3 Å². The van der Waals surface area contributed by atoms with E-state index in [1.165, 1.54) is 0 Å². The van der Waals surface area contributed by atoms with Crippen molar-refractivity contribution in [1.82, 2.24) is 39.5 Å². The van der Waals surface area contributed by atoms with E-state index in [1.54, 1.807) is 0 Å². The first-order valence-electron chi connectivity index (χ1n) is 28.9. The molecule has 0 saturated carbocycles. The molecule has 2 atom stereocenters. The van der Waals surface area contributed by atoms with Crippen LogP contribution in [0, 0.1) is 11.8 Å². The average molecular weight is 1270 g/mol. The Morgan fingerprint density at radius 3 is 1.62 bits per heavy atom. The van der Waals surface area contributed by atoms with E-state index in [4.69, 9.17) is 53.6 Å². The van der Waals surface area contributed by atoms with Crippen LogP contribution in [0.25, 0.3) is 61.3 Å². The fraction of sp³-hybridized carbons (Fsp3) is 0.452. The molecule has 8 aromatic rings. The fourth-order valence-corrected chi connectivity index (χ4v) is 11.3. The van der Waals surface area contributed by atoms with Gasteiger partial charge in [0.1, 0.15) is 4.60 Å². The molecular formula is C62H82BBrN14O6Si2. The van der Waals surface area contributed by atoms with E-state index < -0.39 is 23.8 Å². The standard InChI is InChI=1S/C28H33N7O2Si.C25H36BN3O3Si.C9H10BrN3O.H2N/c1-28(2,3)38(4,5)37-18-22-8-6-11-26(31-22)35-25-14-19(12-13-20(25)15-30-35)23-9-7-10-24(32-23)27(33-34-29)21-16-36-17-21;1-23(2,3)33(8,9)30-17-20-11-10-12-22(28-20)29-21-15-19(14-13-18(21)16-27-29)26-31-24(4,5)25(6,7)32-26;10-8-3-1-2-7(12-8)9(13-11)6-4-14-5-6;/h6-15,21,27H,16-18H2,1-5H3;10-16H,17H2,1-9H3;1-3,6,9,11H,4-5H2;1H2/q;;;-1/p+1. The maximum Gasteiger partial charge on any atom is 0.494 e. The molecule has 0 radical (unpaired) electrons. The zero-order valence-electron chi connectivity index (χ0n) is 52.0. The monoisotopic (exact) mass is 1260 g/mol. The van der Waals surface area contributed by atoms with Crippen LogP contribution in [0.4, 0.5) is 0 Å². The van der Waals surface area contributed by atoms with Gasteiger partial charge in [-0.3, -0.25) is 4.98 Å². The number of hydrogen-bond acceptors (Lipinski definition) is 14. The minimum atomic E-state index is -1.89. The number of hydrogen-bond donors (Lipinski definition) is 1. The molecule has 24 heteroatoms. The third-order valence-corrected chi connectivity index (χ3v) is 26.8. The van der Waals surface area contributed by atoms with Crippen molar-refractivity contribution >= 4 is 67.0 Å². The molecular weight excluding hydrogens is 1180 g/mol. The number of fused-ring (bicyclic) bond motifs is 2. The van der Waals surface area contributed by atoms with E-state index in [-0.39, 0.29) is 45.4 Å². The number of nitrogens with zero attached hydrogens (tertiary/aromatic N) is 12. The van der Waals surface area contributed by atoms with Gasteiger partial charge in [0, 0.05) is 33.1 Å². The van der Waals surface area contributed by atoms with Crippen LogP contribution in [0.3, 0.4) is 0 Å².